The summed E-state index contributed by atoms with van der Waals surface area (Å²) in [5, 5.41) is 16.1. The maximum absolute atomic E-state index is 13.1. The number of rotatable bonds is 3. The van der Waals surface area contributed by atoms with Crippen molar-refractivity contribution in [2.45, 2.75) is 46.1 Å². The van der Waals surface area contributed by atoms with Gasteiger partial charge in [-0.1, -0.05) is 17.3 Å². The van der Waals surface area contributed by atoms with Gasteiger partial charge >= 0.3 is 0 Å². The van der Waals surface area contributed by atoms with E-state index in [2.05, 4.69) is 42.4 Å². The molecule has 0 saturated heterocycles. The number of hydrogen-bond acceptors (Lipinski definition) is 6. The second-order valence-electron chi connectivity index (χ2n) is 7.85. The Morgan fingerprint density at radius 2 is 2.07 bits per heavy atom. The summed E-state index contributed by atoms with van der Waals surface area (Å²) in [5.74, 6) is 2.16. The van der Waals surface area contributed by atoms with Crippen LogP contribution in [-0.4, -0.2) is 30.8 Å². The maximum atomic E-state index is 13.1. The fourth-order valence-electron chi connectivity index (χ4n) is 4.20. The van der Waals surface area contributed by atoms with Crippen LogP contribution in [0.25, 0.3) is 11.1 Å². The summed E-state index contributed by atoms with van der Waals surface area (Å²) in [6.07, 6.45) is 1.92. The second kappa shape index (κ2) is 7.05. The third-order valence-electron chi connectivity index (χ3n) is 5.74. The van der Waals surface area contributed by atoms with E-state index in [1.807, 2.05) is 32.9 Å². The minimum absolute atomic E-state index is 0.200. The zero-order chi connectivity index (χ0) is 20.8. The van der Waals surface area contributed by atoms with Crippen LogP contribution in [0.15, 0.2) is 34.9 Å². The normalized spacial score (nSPS) is 15.9. The number of anilines is 1. The Hall–Kier alpha value is -3.55. The van der Waals surface area contributed by atoms with Gasteiger partial charge in [-0.2, -0.15) is 0 Å². The summed E-state index contributed by atoms with van der Waals surface area (Å²) < 4.78 is 7.43. The number of benzene rings is 1. The van der Waals surface area contributed by atoms with Crippen LogP contribution < -0.4 is 5.32 Å². The van der Waals surface area contributed by atoms with Crippen LogP contribution in [0, 0.1) is 20.8 Å². The molecule has 0 unspecified atom stereocenters. The summed E-state index contributed by atoms with van der Waals surface area (Å²) in [7, 11) is 0. The van der Waals surface area contributed by atoms with Crippen LogP contribution in [0.1, 0.15) is 51.3 Å². The molecule has 1 aromatic carbocycles. The van der Waals surface area contributed by atoms with Crippen molar-refractivity contribution in [2.75, 3.05) is 5.32 Å². The molecule has 1 aliphatic rings. The molecule has 0 fully saturated rings. The van der Waals surface area contributed by atoms with E-state index < -0.39 is 0 Å². The van der Waals surface area contributed by atoms with Crippen molar-refractivity contribution < 1.29 is 9.32 Å². The van der Waals surface area contributed by atoms with E-state index in [4.69, 9.17) is 4.52 Å². The van der Waals surface area contributed by atoms with Gasteiger partial charge < -0.3 is 14.4 Å². The molecule has 152 valence electrons. The van der Waals surface area contributed by atoms with Crippen LogP contribution >= 0.6 is 0 Å². The minimum atomic E-state index is -0.200. The highest BCUT2D eigenvalue weighted by Crippen LogP contribution is 2.30. The molecule has 0 bridgehead atoms. The molecule has 8 nitrogen and oxygen atoms in total. The van der Waals surface area contributed by atoms with Gasteiger partial charge in [-0.05, 0) is 51.0 Å². The average Bonchev–Trinajstić information content (AvgIpc) is 3.30. The minimum Gasteiger partial charge on any atom is -0.336 e. The van der Waals surface area contributed by atoms with Crippen molar-refractivity contribution in [3.05, 3.63) is 64.5 Å². The van der Waals surface area contributed by atoms with Gasteiger partial charge in [-0.15, -0.1) is 10.2 Å². The summed E-state index contributed by atoms with van der Waals surface area (Å²) >= 11 is 0. The quantitative estimate of drug-likeness (QED) is 0.561. The number of fused-ring (bicyclic) bond motifs is 2. The standard InChI is InChI=1S/C22H22N6O2/c1-12-9-18(20-13(2)27-30-22(20)23-12)21(29)24-17-6-4-5-15(10-17)16-7-8-19-26-25-14(3)28(19)11-16/h4-6,9-10,16H,7-8,11H2,1-3H3,(H,24,29)/t16-/m1/s1. The van der Waals surface area contributed by atoms with E-state index in [1.165, 1.54) is 5.56 Å². The SMILES string of the molecule is Cc1cc(C(=O)Nc2cccc([C@@H]3CCc4nnc(C)n4C3)c2)c2c(C)noc2n1. The van der Waals surface area contributed by atoms with Gasteiger partial charge in [-0.25, -0.2) is 4.98 Å². The predicted octanol–water partition coefficient (Wildman–Crippen LogP) is 3.72. The molecule has 0 saturated carbocycles. The van der Waals surface area contributed by atoms with E-state index in [9.17, 15) is 4.79 Å². The zero-order valence-electron chi connectivity index (χ0n) is 17.1. The van der Waals surface area contributed by atoms with Gasteiger partial charge in [0, 0.05) is 30.3 Å². The highest BCUT2D eigenvalue weighted by atomic mass is 16.5. The highest BCUT2D eigenvalue weighted by molar-refractivity contribution is 6.12. The molecule has 5 rings (SSSR count). The number of amides is 1. The Bertz CT molecular complexity index is 1270. The Labute approximate surface area is 173 Å². The van der Waals surface area contributed by atoms with E-state index in [-0.39, 0.29) is 5.91 Å². The second-order valence-corrected chi connectivity index (χ2v) is 7.85. The fourth-order valence-corrected chi connectivity index (χ4v) is 4.20. The number of hydrogen-bond donors (Lipinski definition) is 1. The van der Waals surface area contributed by atoms with Crippen molar-refractivity contribution in [2.24, 2.45) is 0 Å². The lowest BCUT2D eigenvalue weighted by atomic mass is 9.91. The van der Waals surface area contributed by atoms with E-state index in [1.54, 1.807) is 6.07 Å². The molecule has 1 atom stereocenters. The first-order valence-corrected chi connectivity index (χ1v) is 10.0. The smallest absolute Gasteiger partial charge is 0.258 e. The summed E-state index contributed by atoms with van der Waals surface area (Å²) in [5.41, 5.74) is 4.22. The molecule has 30 heavy (non-hydrogen) atoms. The van der Waals surface area contributed by atoms with Gasteiger partial charge in [0.2, 0.25) is 0 Å². The van der Waals surface area contributed by atoms with Crippen LogP contribution in [0.5, 0.6) is 0 Å². The van der Waals surface area contributed by atoms with Crippen molar-refractivity contribution >= 4 is 22.7 Å². The largest absolute Gasteiger partial charge is 0.336 e. The lowest BCUT2D eigenvalue weighted by molar-refractivity contribution is 0.102. The van der Waals surface area contributed by atoms with Crippen LogP contribution in [0.3, 0.4) is 0 Å². The van der Waals surface area contributed by atoms with E-state index in [0.717, 1.165) is 36.7 Å². The summed E-state index contributed by atoms with van der Waals surface area (Å²) in [6, 6.07) is 9.83. The maximum Gasteiger partial charge on any atom is 0.258 e. The number of nitrogens with one attached hydrogen (secondary N) is 1. The van der Waals surface area contributed by atoms with E-state index >= 15 is 0 Å². The predicted molar refractivity (Wildman–Crippen MR) is 111 cm³/mol. The molecule has 1 N–H and O–H groups in total. The van der Waals surface area contributed by atoms with Gasteiger partial charge in [-0.3, -0.25) is 4.79 Å². The number of aromatic nitrogens is 5. The molecular weight excluding hydrogens is 380 g/mol. The van der Waals surface area contributed by atoms with Gasteiger partial charge in [0.15, 0.2) is 0 Å². The number of pyridine rings is 1. The fraction of sp³-hybridized carbons (Fsp3) is 0.318. The van der Waals surface area contributed by atoms with Gasteiger partial charge in [0.05, 0.1) is 16.6 Å². The third kappa shape index (κ3) is 3.14. The summed E-state index contributed by atoms with van der Waals surface area (Å²) in [4.78, 5) is 17.4. The molecule has 0 radical (unpaired) electrons. The molecule has 0 spiro atoms. The topological polar surface area (TPSA) is 98.7 Å². The van der Waals surface area contributed by atoms with Gasteiger partial charge in [0.25, 0.3) is 11.6 Å². The van der Waals surface area contributed by atoms with Crippen molar-refractivity contribution in [1.29, 1.82) is 0 Å². The first kappa shape index (κ1) is 18.5. The average molecular weight is 402 g/mol. The number of aryl methyl sites for hydroxylation is 4. The Morgan fingerprint density at radius 3 is 2.93 bits per heavy atom. The molecule has 4 heterocycles. The molecule has 3 aromatic heterocycles. The number of carbonyl (C=O) groups is 1. The van der Waals surface area contributed by atoms with Crippen LogP contribution in [0.4, 0.5) is 5.69 Å². The Kier molecular flexibility index (Phi) is 4.34. The lowest BCUT2D eigenvalue weighted by Gasteiger charge is -2.24. The third-order valence-corrected chi connectivity index (χ3v) is 5.74. The number of nitrogens with zero attached hydrogens (tertiary/aromatic N) is 5. The molecule has 4 aromatic rings. The summed E-state index contributed by atoms with van der Waals surface area (Å²) in [6.45, 7) is 6.48. The Morgan fingerprint density at radius 1 is 1.20 bits per heavy atom. The molecule has 1 amide bonds. The van der Waals surface area contributed by atoms with Crippen molar-refractivity contribution in [3.63, 3.8) is 0 Å². The monoisotopic (exact) mass is 402 g/mol. The molecule has 0 aliphatic carbocycles. The van der Waals surface area contributed by atoms with Crippen molar-refractivity contribution in [1.82, 2.24) is 24.9 Å². The highest BCUT2D eigenvalue weighted by Gasteiger charge is 2.23. The first-order chi connectivity index (χ1) is 14.5. The van der Waals surface area contributed by atoms with Gasteiger partial charge in [0.1, 0.15) is 11.6 Å². The van der Waals surface area contributed by atoms with E-state index in [0.29, 0.717) is 34.0 Å². The Balaban J connectivity index is 1.41. The first-order valence-electron chi connectivity index (χ1n) is 10.0. The molecular formula is C22H22N6O2. The van der Waals surface area contributed by atoms with Crippen LogP contribution in [-0.2, 0) is 13.0 Å². The molecule has 1 aliphatic heterocycles. The van der Waals surface area contributed by atoms with Crippen LogP contribution in [0.2, 0.25) is 0 Å². The number of carbonyl (C=O) groups excluding carboxylic acids is 1. The van der Waals surface area contributed by atoms with Crippen molar-refractivity contribution in [3.8, 4) is 0 Å². The zero-order valence-corrected chi connectivity index (χ0v) is 17.1. The molecule has 8 heteroatoms. The lowest BCUT2D eigenvalue weighted by Crippen LogP contribution is -2.20.